The van der Waals surface area contributed by atoms with Crippen LogP contribution in [0.2, 0.25) is 10.0 Å². The average molecular weight is 374 g/mol. The fourth-order valence-electron chi connectivity index (χ4n) is 1.73. The third-order valence-electron chi connectivity index (χ3n) is 2.68. The molecule has 0 radical (unpaired) electrons. The van der Waals surface area contributed by atoms with Crippen molar-refractivity contribution in [2.75, 3.05) is 5.73 Å². The van der Waals surface area contributed by atoms with Crippen LogP contribution >= 0.6 is 50.5 Å². The van der Waals surface area contributed by atoms with Gasteiger partial charge in [0.15, 0.2) is 0 Å². The van der Waals surface area contributed by atoms with Crippen LogP contribution in [0, 0.1) is 0 Å². The van der Waals surface area contributed by atoms with Crippen molar-refractivity contribution in [3.05, 3.63) is 44.8 Å². The molecule has 6 heteroatoms. The molecule has 0 bridgehead atoms. The van der Waals surface area contributed by atoms with Crippen LogP contribution in [-0.2, 0) is 0 Å². The number of anilines is 1. The molecule has 2 nitrogen and oxygen atoms in total. The Morgan fingerprint density at radius 1 is 1.11 bits per heavy atom. The Morgan fingerprint density at radius 2 is 1.79 bits per heavy atom. The van der Waals surface area contributed by atoms with Gasteiger partial charge in [-0.15, -0.1) is 11.3 Å². The minimum Gasteiger partial charge on any atom is -0.396 e. The minimum atomic E-state index is 0.399. The molecule has 1 aromatic heterocycles. The normalized spacial score (nSPS) is 11.1. The van der Waals surface area contributed by atoms with Gasteiger partial charge in [-0.1, -0.05) is 39.1 Å². The highest BCUT2D eigenvalue weighted by atomic mass is 79.9. The zero-order valence-corrected chi connectivity index (χ0v) is 13.4. The monoisotopic (exact) mass is 372 g/mol. The lowest BCUT2D eigenvalue weighted by molar-refractivity contribution is 1.47. The number of halogens is 3. The van der Waals surface area contributed by atoms with E-state index in [9.17, 15) is 0 Å². The molecule has 0 atom stereocenters. The van der Waals surface area contributed by atoms with E-state index in [1.54, 1.807) is 23.5 Å². The minimum absolute atomic E-state index is 0.399. The Labute approximate surface area is 132 Å². The van der Waals surface area contributed by atoms with Gasteiger partial charge in [-0.05, 0) is 30.3 Å². The first-order chi connectivity index (χ1) is 9.04. The highest BCUT2D eigenvalue weighted by molar-refractivity contribution is 9.10. The average Bonchev–Trinajstić information content (AvgIpc) is 2.78. The summed E-state index contributed by atoms with van der Waals surface area (Å²) in [7, 11) is 0. The van der Waals surface area contributed by atoms with Gasteiger partial charge in [-0.3, -0.25) is 0 Å². The molecule has 0 amide bonds. The largest absolute Gasteiger partial charge is 0.396 e. The zero-order chi connectivity index (χ0) is 13.6. The molecule has 0 saturated carbocycles. The molecule has 2 N–H and O–H groups in total. The third kappa shape index (κ3) is 2.46. The van der Waals surface area contributed by atoms with Gasteiger partial charge in [0.2, 0.25) is 0 Å². The highest BCUT2D eigenvalue weighted by Crippen LogP contribution is 2.37. The van der Waals surface area contributed by atoms with Crippen LogP contribution in [0.15, 0.2) is 34.8 Å². The van der Waals surface area contributed by atoms with Crippen LogP contribution in [0.25, 0.3) is 20.8 Å². The summed E-state index contributed by atoms with van der Waals surface area (Å²) in [5, 5.41) is 1.77. The number of fused-ring (bicyclic) bond motifs is 1. The zero-order valence-electron chi connectivity index (χ0n) is 9.45. The fraction of sp³-hybridized carbons (Fsp3) is 0. The predicted octanol–water partition coefficient (Wildman–Crippen LogP) is 5.61. The number of rotatable bonds is 1. The second-order valence-electron chi connectivity index (χ2n) is 3.98. The first-order valence-corrected chi connectivity index (χ1v) is 7.72. The molecule has 0 aliphatic carbocycles. The number of nitrogen functional groups attached to an aromatic ring is 1. The molecule has 0 spiro atoms. The van der Waals surface area contributed by atoms with Crippen molar-refractivity contribution in [3.63, 3.8) is 0 Å². The summed E-state index contributed by atoms with van der Waals surface area (Å²) in [4.78, 5) is 4.59. The van der Waals surface area contributed by atoms with Crippen molar-refractivity contribution < 1.29 is 0 Å². The molecular weight excluding hydrogens is 367 g/mol. The number of thiazole rings is 1. The molecule has 19 heavy (non-hydrogen) atoms. The summed E-state index contributed by atoms with van der Waals surface area (Å²) in [6.45, 7) is 0. The third-order valence-corrected chi connectivity index (χ3v) is 4.88. The number of nitrogens with zero attached hydrogens (tertiary/aromatic N) is 1. The second-order valence-corrected chi connectivity index (χ2v) is 6.75. The summed E-state index contributed by atoms with van der Waals surface area (Å²) in [6, 6.07) is 9.58. The molecule has 3 aromatic rings. The van der Waals surface area contributed by atoms with Gasteiger partial charge in [0.25, 0.3) is 0 Å². The van der Waals surface area contributed by atoms with Crippen LogP contribution < -0.4 is 5.73 Å². The lowest BCUT2D eigenvalue weighted by Crippen LogP contribution is -1.88. The van der Waals surface area contributed by atoms with Crippen molar-refractivity contribution in [3.8, 4) is 10.6 Å². The van der Waals surface area contributed by atoms with Gasteiger partial charge in [0, 0.05) is 10.0 Å². The van der Waals surface area contributed by atoms with Crippen molar-refractivity contribution in [1.29, 1.82) is 0 Å². The Kier molecular flexibility index (Phi) is 3.43. The Bertz CT molecular complexity index is 762. The van der Waals surface area contributed by atoms with Crippen molar-refractivity contribution in [1.82, 2.24) is 4.98 Å². The SMILES string of the molecule is Nc1c(Cl)cc(-c2nc3cc(Br)ccc3s2)cc1Cl. The molecule has 2 aromatic carbocycles. The van der Waals surface area contributed by atoms with Gasteiger partial charge in [-0.2, -0.15) is 0 Å². The van der Waals surface area contributed by atoms with Crippen molar-refractivity contribution in [2.24, 2.45) is 0 Å². The smallest absolute Gasteiger partial charge is 0.124 e. The number of aromatic nitrogens is 1. The van der Waals surface area contributed by atoms with E-state index in [-0.39, 0.29) is 0 Å². The Morgan fingerprint density at radius 3 is 2.47 bits per heavy atom. The van der Waals surface area contributed by atoms with Gasteiger partial charge in [-0.25, -0.2) is 4.98 Å². The maximum atomic E-state index is 6.05. The van der Waals surface area contributed by atoms with E-state index in [2.05, 4.69) is 20.9 Å². The molecule has 1 heterocycles. The van der Waals surface area contributed by atoms with E-state index >= 15 is 0 Å². The number of hydrogen-bond acceptors (Lipinski definition) is 3. The van der Waals surface area contributed by atoms with Gasteiger partial charge >= 0.3 is 0 Å². The topological polar surface area (TPSA) is 38.9 Å². The summed E-state index contributed by atoms with van der Waals surface area (Å²) in [5.41, 5.74) is 7.96. The molecule has 96 valence electrons. The van der Waals surface area contributed by atoms with Gasteiger partial charge < -0.3 is 5.73 Å². The van der Waals surface area contributed by atoms with Gasteiger partial charge in [0.1, 0.15) is 5.01 Å². The van der Waals surface area contributed by atoms with E-state index < -0.39 is 0 Å². The molecular formula is C13H7BrCl2N2S. The second kappa shape index (κ2) is 4.94. The lowest BCUT2D eigenvalue weighted by atomic mass is 10.2. The molecule has 3 rings (SSSR count). The summed E-state index contributed by atoms with van der Waals surface area (Å²) >= 11 is 17.1. The Hall–Kier alpha value is -0.810. The van der Waals surface area contributed by atoms with Crippen LogP contribution in [-0.4, -0.2) is 4.98 Å². The molecule has 0 aliphatic heterocycles. The van der Waals surface area contributed by atoms with E-state index in [1.165, 1.54) is 0 Å². The summed E-state index contributed by atoms with van der Waals surface area (Å²) < 4.78 is 2.12. The molecule has 0 saturated heterocycles. The molecule has 0 unspecified atom stereocenters. The molecule has 0 aliphatic rings. The fourth-order valence-corrected chi connectivity index (χ4v) is 3.50. The lowest BCUT2D eigenvalue weighted by Gasteiger charge is -2.03. The van der Waals surface area contributed by atoms with E-state index in [4.69, 9.17) is 28.9 Å². The van der Waals surface area contributed by atoms with E-state index in [1.807, 2.05) is 18.2 Å². The van der Waals surface area contributed by atoms with Crippen LogP contribution in [0.3, 0.4) is 0 Å². The van der Waals surface area contributed by atoms with Crippen LogP contribution in [0.1, 0.15) is 0 Å². The predicted molar refractivity (Wildman–Crippen MR) is 87.2 cm³/mol. The van der Waals surface area contributed by atoms with Gasteiger partial charge in [0.05, 0.1) is 25.9 Å². The van der Waals surface area contributed by atoms with E-state index in [0.717, 1.165) is 25.3 Å². The maximum absolute atomic E-state index is 6.05. The number of hydrogen-bond donors (Lipinski definition) is 1. The van der Waals surface area contributed by atoms with Crippen LogP contribution in [0.4, 0.5) is 5.69 Å². The first-order valence-electron chi connectivity index (χ1n) is 5.35. The standard InChI is InChI=1S/C13H7BrCl2N2S/c14-7-1-2-11-10(5-7)18-13(19-11)6-3-8(15)12(17)9(16)4-6/h1-5H,17H2. The van der Waals surface area contributed by atoms with Crippen molar-refractivity contribution in [2.45, 2.75) is 0 Å². The maximum Gasteiger partial charge on any atom is 0.124 e. The summed E-state index contributed by atoms with van der Waals surface area (Å²) in [5.74, 6) is 0. The van der Waals surface area contributed by atoms with E-state index in [0.29, 0.717) is 15.7 Å². The Balaban J connectivity index is 2.19. The first kappa shape index (κ1) is 13.2. The van der Waals surface area contributed by atoms with Crippen LogP contribution in [0.5, 0.6) is 0 Å². The molecule has 0 fully saturated rings. The number of nitrogens with two attached hydrogens (primary N) is 1. The number of benzene rings is 2. The van der Waals surface area contributed by atoms with Crippen molar-refractivity contribution >= 4 is 66.4 Å². The highest BCUT2D eigenvalue weighted by Gasteiger charge is 2.11. The quantitative estimate of drug-likeness (QED) is 0.562. The summed E-state index contributed by atoms with van der Waals surface area (Å²) in [6.07, 6.45) is 0.